The van der Waals surface area contributed by atoms with Crippen molar-refractivity contribution in [2.75, 3.05) is 60.6 Å². The summed E-state index contributed by atoms with van der Waals surface area (Å²) in [5.74, 6) is 12.8. The molecule has 35 heteroatoms. The van der Waals surface area contributed by atoms with Crippen molar-refractivity contribution in [3.05, 3.63) is 246 Å². The summed E-state index contributed by atoms with van der Waals surface area (Å²) in [6.07, 6.45) is 32.5. The maximum absolute atomic E-state index is 11.7. The third-order valence-corrected chi connectivity index (χ3v) is 22.3. The summed E-state index contributed by atoms with van der Waals surface area (Å²) < 4.78 is 63.2. The second-order valence-electron chi connectivity index (χ2n) is 32.0. The second-order valence-corrected chi connectivity index (χ2v) is 36.3. The van der Waals surface area contributed by atoms with Gasteiger partial charge in [0.15, 0.2) is 31.5 Å². The fraction of sp³-hybridized carbons (Fsp3) is 0.391. The molecule has 0 fully saturated rings. The SMILES string of the molecule is C#Cc1cc(Cc2cnc(C)nc2N)c(C(C)C)cn1.CCOC(C)c1cc(Oc2cnc(C)nc2N)c(C(C)C)cn1.COc1cc(Cc2cnc(C)nc2N)c(C(C)C)cn1.CSc1cc(Cc2cnc(C)nc2N)c(C(C)C)cn1.Cc1ncc(Cc2cc(S(C)(=O)=O)ncc2C(C)C)c(N)n1.Cc1ncc(Cc2cc(S(N)(=O)=O)ncc2C(C)C)c(N)n1. The van der Waals surface area contributed by atoms with Gasteiger partial charge in [-0.2, -0.15) is 0 Å². The summed E-state index contributed by atoms with van der Waals surface area (Å²) in [6, 6.07) is 11.0. The van der Waals surface area contributed by atoms with E-state index in [1.165, 1.54) is 28.3 Å². The molecule has 12 heterocycles. The van der Waals surface area contributed by atoms with Gasteiger partial charge in [-0.25, -0.2) is 107 Å². The first-order chi connectivity index (χ1) is 59.8. The van der Waals surface area contributed by atoms with E-state index in [1.54, 1.807) is 89.1 Å². The zero-order valence-corrected chi connectivity index (χ0v) is 79.4. The molecule has 0 radical (unpaired) electrons. The number of pyridine rings is 6. The first-order valence-electron chi connectivity index (χ1n) is 41.3. The Labute approximate surface area is 751 Å². The minimum absolute atomic E-state index is 0.0681. The highest BCUT2D eigenvalue weighted by Gasteiger charge is 2.23. The fourth-order valence-corrected chi connectivity index (χ4v) is 14.5. The van der Waals surface area contributed by atoms with Crippen molar-refractivity contribution in [2.24, 2.45) is 5.14 Å². The van der Waals surface area contributed by atoms with Gasteiger partial charge in [0.2, 0.25) is 5.88 Å². The molecule has 674 valence electrons. The molecule has 127 heavy (non-hydrogen) atoms. The molecule has 12 aromatic heterocycles. The maximum atomic E-state index is 11.7. The van der Waals surface area contributed by atoms with Gasteiger partial charge in [-0.1, -0.05) is 89.0 Å². The molecule has 0 amide bonds. The molecule has 0 aliphatic carbocycles. The molecule has 1 atom stereocenters. The van der Waals surface area contributed by atoms with Crippen LogP contribution in [0.4, 0.5) is 34.9 Å². The summed E-state index contributed by atoms with van der Waals surface area (Å²) in [5, 5.41) is 6.09. The van der Waals surface area contributed by atoms with Gasteiger partial charge in [-0.15, -0.1) is 18.2 Å². The monoisotopic (exact) mass is 1780 g/mol. The van der Waals surface area contributed by atoms with Crippen LogP contribution in [0.1, 0.15) is 274 Å². The van der Waals surface area contributed by atoms with Gasteiger partial charge in [0.1, 0.15) is 75.5 Å². The highest BCUT2D eigenvalue weighted by atomic mass is 32.2. The summed E-state index contributed by atoms with van der Waals surface area (Å²) in [6.45, 7) is 40.5. The van der Waals surface area contributed by atoms with E-state index < -0.39 is 19.9 Å². The molecule has 0 aromatic carbocycles. The number of primary sulfonamides is 1. The van der Waals surface area contributed by atoms with Gasteiger partial charge in [0.25, 0.3) is 10.0 Å². The maximum Gasteiger partial charge on any atom is 0.255 e. The van der Waals surface area contributed by atoms with Crippen molar-refractivity contribution in [2.45, 2.75) is 227 Å². The first kappa shape index (κ1) is 102. The molecule has 14 N–H and O–H groups in total. The Bertz CT molecular complexity index is 5810. The number of hydrogen-bond acceptors (Lipinski definition) is 32. The molecule has 12 rings (SSSR count). The first-order valence-corrected chi connectivity index (χ1v) is 46.0. The zero-order chi connectivity index (χ0) is 94.1. The largest absolute Gasteiger partial charge is 0.481 e. The summed E-state index contributed by atoms with van der Waals surface area (Å²) in [4.78, 5) is 75.6. The summed E-state index contributed by atoms with van der Waals surface area (Å²) >= 11 is 1.65. The number of ether oxygens (including phenoxy) is 3. The Morgan fingerprint density at radius 1 is 0.378 bits per heavy atom. The Morgan fingerprint density at radius 2 is 0.701 bits per heavy atom. The van der Waals surface area contributed by atoms with Gasteiger partial charge in [-0.05, 0) is 177 Å². The molecule has 0 aliphatic heterocycles. The zero-order valence-electron chi connectivity index (χ0n) is 76.9. The minimum atomic E-state index is -3.85. The predicted molar refractivity (Wildman–Crippen MR) is 502 cm³/mol. The number of nitrogen functional groups attached to an aromatic ring is 6. The number of hydrogen-bond donors (Lipinski definition) is 7. The van der Waals surface area contributed by atoms with E-state index >= 15 is 0 Å². The van der Waals surface area contributed by atoms with Crippen LogP contribution in [0.2, 0.25) is 0 Å². The Balaban J connectivity index is 0.000000209. The van der Waals surface area contributed by atoms with Crippen molar-refractivity contribution in [3.63, 3.8) is 0 Å². The lowest BCUT2D eigenvalue weighted by atomic mass is 9.94. The number of sulfonamides is 1. The lowest BCUT2D eigenvalue weighted by Gasteiger charge is -2.17. The molecule has 0 saturated heterocycles. The Hall–Kier alpha value is -12.5. The number of aryl methyl sites for hydroxylation is 6. The molecule has 32 nitrogen and oxygen atoms in total. The van der Waals surface area contributed by atoms with E-state index in [0.29, 0.717) is 143 Å². The number of nitrogens with two attached hydrogens (primary N) is 7. The van der Waals surface area contributed by atoms with Gasteiger partial charge in [0, 0.05) is 159 Å². The van der Waals surface area contributed by atoms with Crippen LogP contribution in [0.5, 0.6) is 17.4 Å². The molecular formula is C92H121N25O7S3. The van der Waals surface area contributed by atoms with Gasteiger partial charge in [-0.3, -0.25) is 4.98 Å². The number of terminal acetylenes is 1. The summed E-state index contributed by atoms with van der Waals surface area (Å²) in [5.41, 5.74) is 53.2. The van der Waals surface area contributed by atoms with Crippen molar-refractivity contribution < 1.29 is 31.0 Å². The van der Waals surface area contributed by atoms with E-state index in [0.717, 1.165) is 90.2 Å². The van der Waals surface area contributed by atoms with Crippen LogP contribution in [0.25, 0.3) is 0 Å². The number of rotatable bonds is 25. The van der Waals surface area contributed by atoms with Gasteiger partial charge in [0.05, 0.1) is 30.1 Å². The number of aromatic nitrogens is 18. The quantitative estimate of drug-likeness (QED) is 0.0206. The minimum Gasteiger partial charge on any atom is -0.481 e. The van der Waals surface area contributed by atoms with E-state index in [2.05, 4.69) is 157 Å². The van der Waals surface area contributed by atoms with E-state index in [1.807, 2.05) is 118 Å². The number of anilines is 6. The third-order valence-electron chi connectivity index (χ3n) is 19.9. The topological polar surface area (TPSA) is 510 Å². The Kier molecular flexibility index (Phi) is 37.3. The predicted octanol–water partition coefficient (Wildman–Crippen LogP) is 14.9. The van der Waals surface area contributed by atoms with Crippen LogP contribution < -0.4 is 49.0 Å². The standard InChI is InChI=1S/C17H24N4O2.C16H18N4.C15H20N4O2S.C15H20N4O.C15H20N4S.C14H19N5O2S/c1-6-22-11(4)14-7-15(13(8-20-14)10(2)3)23-16-9-19-12(5)21-17(16)18;1-5-14-7-12(15(9-19-14)10(2)3)6-13-8-18-11(4)20-16(13)17;1-9(2)13-8-18-14(22(4,20)21)6-11(13)5-12-7-17-10(3)19-15(12)16;2*1-9(2)13-8-18-14(20-4)6-11(13)5-12-7-17-10(3)19-15(12)16;1-8(2)12-7-18-13(22(16,20)21)5-10(12)4-11-6-17-9(3)19-14(11)15/h7-11H,6H2,1-5H3,(H2,18,19,21);1,7-10H,6H2,2-4H3,(H2,17,18,20);6-9H,5H2,1-4H3,(H2,16,17,19);2*6-9H,5H2,1-4H3,(H2,16,17,19);5-8H,4H2,1-3H3,(H2,15,17,19)(H2,16,20,21). The van der Waals surface area contributed by atoms with Crippen LogP contribution in [-0.4, -0.2) is 133 Å². The molecule has 1 unspecified atom stereocenters. The fourth-order valence-electron chi connectivity index (χ4n) is 13.0. The number of thioether (sulfide) groups is 1. The lowest BCUT2D eigenvalue weighted by Crippen LogP contribution is -2.15. The molecule has 12 aromatic rings. The van der Waals surface area contributed by atoms with Crippen LogP contribution >= 0.6 is 11.8 Å². The van der Waals surface area contributed by atoms with E-state index in [-0.39, 0.29) is 33.9 Å². The number of methoxy groups -OCH3 is 1. The third kappa shape index (κ3) is 30.1. The van der Waals surface area contributed by atoms with Crippen molar-refractivity contribution in [1.82, 2.24) is 89.7 Å². The Morgan fingerprint density at radius 3 is 1.04 bits per heavy atom. The molecule has 0 aliphatic rings. The average molecular weight is 1790 g/mol. The van der Waals surface area contributed by atoms with Crippen molar-refractivity contribution in [3.8, 4) is 29.7 Å². The molecular weight excluding hydrogens is 1660 g/mol. The van der Waals surface area contributed by atoms with Crippen LogP contribution in [0, 0.1) is 53.9 Å². The molecule has 0 saturated carbocycles. The normalized spacial score (nSPS) is 11.5. The lowest BCUT2D eigenvalue weighted by molar-refractivity contribution is 0.0732. The molecule has 0 bridgehead atoms. The number of nitrogens with zero attached hydrogens (tertiary/aromatic N) is 18. The molecule has 0 spiro atoms. The van der Waals surface area contributed by atoms with Crippen LogP contribution in [-0.2, 0) is 56.7 Å². The second kappa shape index (κ2) is 46.6. The highest BCUT2D eigenvalue weighted by Crippen LogP contribution is 2.36. The van der Waals surface area contributed by atoms with Gasteiger partial charge >= 0.3 is 0 Å². The highest BCUT2D eigenvalue weighted by molar-refractivity contribution is 7.98. The van der Waals surface area contributed by atoms with Gasteiger partial charge < -0.3 is 48.6 Å². The van der Waals surface area contributed by atoms with Crippen molar-refractivity contribution in [1.29, 1.82) is 0 Å². The van der Waals surface area contributed by atoms with Crippen molar-refractivity contribution >= 4 is 66.5 Å². The van der Waals surface area contributed by atoms with Crippen LogP contribution in [0.15, 0.2) is 126 Å². The van der Waals surface area contributed by atoms with E-state index in [9.17, 15) is 16.8 Å². The van der Waals surface area contributed by atoms with E-state index in [4.69, 9.17) is 60.2 Å². The average Bonchev–Trinajstić information content (AvgIpc) is 0.815. The van der Waals surface area contributed by atoms with Crippen LogP contribution in [0.3, 0.4) is 0 Å². The smallest absolute Gasteiger partial charge is 0.255 e. The summed E-state index contributed by atoms with van der Waals surface area (Å²) in [7, 11) is -5.59. The number of sulfone groups is 1.